The summed E-state index contributed by atoms with van der Waals surface area (Å²) < 4.78 is 7.23. The summed E-state index contributed by atoms with van der Waals surface area (Å²) >= 11 is 0. The minimum Gasteiger partial charge on any atom is -0.469 e. The number of hydrogen-bond donors (Lipinski definition) is 1. The Hall–Kier alpha value is -2.04. The summed E-state index contributed by atoms with van der Waals surface area (Å²) in [6, 6.07) is 3.78. The topological polar surface area (TPSA) is 60.1 Å². The summed E-state index contributed by atoms with van der Waals surface area (Å²) in [5.74, 6) is 1.59. The van der Waals surface area contributed by atoms with E-state index in [4.69, 9.17) is 4.42 Å². The fourth-order valence-corrected chi connectivity index (χ4v) is 1.84. The molecular formula is C14H19N3O2. The minimum atomic E-state index is -0.221. The van der Waals surface area contributed by atoms with Crippen LogP contribution in [0.3, 0.4) is 0 Å². The van der Waals surface area contributed by atoms with E-state index in [9.17, 15) is 4.79 Å². The fraction of sp³-hybridized carbons (Fsp3) is 0.429. The lowest BCUT2D eigenvalue weighted by Crippen LogP contribution is -2.37. The molecule has 0 unspecified atom stereocenters. The minimum absolute atomic E-state index is 0.0334. The smallest absolute Gasteiger partial charge is 0.227 e. The number of carbonyl (C=O) groups excluding carboxylic acids is 1. The fourth-order valence-electron chi connectivity index (χ4n) is 1.84. The van der Waals surface area contributed by atoms with Gasteiger partial charge in [-0.3, -0.25) is 4.79 Å². The number of furan rings is 1. The van der Waals surface area contributed by atoms with Gasteiger partial charge in [0.05, 0.1) is 12.7 Å². The molecule has 2 rings (SSSR count). The van der Waals surface area contributed by atoms with E-state index < -0.39 is 0 Å². The van der Waals surface area contributed by atoms with E-state index in [-0.39, 0.29) is 17.7 Å². The number of nitrogens with zero attached hydrogens (tertiary/aromatic N) is 2. The molecule has 1 amide bonds. The van der Waals surface area contributed by atoms with E-state index in [1.807, 2.05) is 43.8 Å². The number of aryl methyl sites for hydroxylation is 1. The van der Waals surface area contributed by atoms with Crippen LogP contribution in [-0.2, 0) is 23.7 Å². The molecule has 19 heavy (non-hydrogen) atoms. The Morgan fingerprint density at radius 1 is 1.53 bits per heavy atom. The molecule has 0 bridgehead atoms. The number of rotatable bonds is 5. The van der Waals surface area contributed by atoms with Gasteiger partial charge in [-0.05, 0) is 12.1 Å². The van der Waals surface area contributed by atoms with Gasteiger partial charge in [0.15, 0.2) is 0 Å². The number of carbonyl (C=O) groups is 1. The van der Waals surface area contributed by atoms with Gasteiger partial charge in [-0.1, -0.05) is 13.8 Å². The van der Waals surface area contributed by atoms with Crippen LogP contribution in [0.25, 0.3) is 0 Å². The largest absolute Gasteiger partial charge is 0.469 e. The SMILES string of the molecule is Cn1ccnc1CC(=O)NCC(C)(C)c1ccco1. The number of amides is 1. The van der Waals surface area contributed by atoms with E-state index in [1.165, 1.54) is 0 Å². The van der Waals surface area contributed by atoms with Gasteiger partial charge in [0, 0.05) is 31.4 Å². The highest BCUT2D eigenvalue weighted by molar-refractivity contribution is 5.77. The molecule has 0 spiro atoms. The van der Waals surface area contributed by atoms with Crippen LogP contribution in [0.5, 0.6) is 0 Å². The summed E-state index contributed by atoms with van der Waals surface area (Å²) in [6.45, 7) is 4.60. The first kappa shape index (κ1) is 13.4. The molecular weight excluding hydrogens is 242 g/mol. The molecule has 0 atom stereocenters. The van der Waals surface area contributed by atoms with E-state index in [0.717, 1.165) is 11.6 Å². The van der Waals surface area contributed by atoms with E-state index in [1.54, 1.807) is 12.5 Å². The molecule has 0 radical (unpaired) electrons. The van der Waals surface area contributed by atoms with Gasteiger partial charge in [0.1, 0.15) is 11.6 Å². The van der Waals surface area contributed by atoms with Crippen LogP contribution in [-0.4, -0.2) is 22.0 Å². The number of imidazole rings is 1. The Balaban J connectivity index is 1.89. The predicted octanol–water partition coefficient (Wildman–Crippen LogP) is 1.65. The van der Waals surface area contributed by atoms with Crippen LogP contribution in [0.2, 0.25) is 0 Å². The molecule has 0 aliphatic rings. The molecule has 0 aromatic carbocycles. The monoisotopic (exact) mass is 261 g/mol. The molecule has 102 valence electrons. The Morgan fingerprint density at radius 2 is 2.32 bits per heavy atom. The van der Waals surface area contributed by atoms with E-state index in [2.05, 4.69) is 10.3 Å². The van der Waals surface area contributed by atoms with Crippen molar-refractivity contribution in [3.63, 3.8) is 0 Å². The summed E-state index contributed by atoms with van der Waals surface area (Å²) in [5, 5.41) is 2.92. The second-order valence-corrected chi connectivity index (χ2v) is 5.27. The van der Waals surface area contributed by atoms with Crippen molar-refractivity contribution in [1.29, 1.82) is 0 Å². The van der Waals surface area contributed by atoms with Crippen molar-refractivity contribution < 1.29 is 9.21 Å². The normalized spacial score (nSPS) is 11.5. The second-order valence-electron chi connectivity index (χ2n) is 5.27. The third-order valence-corrected chi connectivity index (χ3v) is 3.16. The highest BCUT2D eigenvalue weighted by atomic mass is 16.3. The lowest BCUT2D eigenvalue weighted by atomic mass is 9.90. The van der Waals surface area contributed by atoms with Gasteiger partial charge in [-0.2, -0.15) is 0 Å². The van der Waals surface area contributed by atoms with Crippen molar-refractivity contribution in [3.8, 4) is 0 Å². The summed E-state index contributed by atoms with van der Waals surface area (Å²) in [6.07, 6.45) is 5.45. The van der Waals surface area contributed by atoms with Gasteiger partial charge in [0.25, 0.3) is 0 Å². The quantitative estimate of drug-likeness (QED) is 0.890. The first-order valence-electron chi connectivity index (χ1n) is 6.26. The first-order chi connectivity index (χ1) is 8.99. The molecule has 0 aliphatic carbocycles. The van der Waals surface area contributed by atoms with Crippen LogP contribution in [0.15, 0.2) is 35.2 Å². The van der Waals surface area contributed by atoms with Gasteiger partial charge < -0.3 is 14.3 Å². The Labute approximate surface area is 112 Å². The maximum atomic E-state index is 11.9. The van der Waals surface area contributed by atoms with Crippen molar-refractivity contribution in [2.45, 2.75) is 25.7 Å². The van der Waals surface area contributed by atoms with Crippen molar-refractivity contribution in [1.82, 2.24) is 14.9 Å². The van der Waals surface area contributed by atoms with Crippen molar-refractivity contribution in [3.05, 3.63) is 42.4 Å². The average molecular weight is 261 g/mol. The molecule has 0 fully saturated rings. The van der Waals surface area contributed by atoms with Crippen molar-refractivity contribution >= 4 is 5.91 Å². The predicted molar refractivity (Wildman–Crippen MR) is 71.7 cm³/mol. The third kappa shape index (κ3) is 3.24. The second kappa shape index (κ2) is 5.30. The van der Waals surface area contributed by atoms with Crippen molar-refractivity contribution in [2.24, 2.45) is 7.05 Å². The average Bonchev–Trinajstić information content (AvgIpc) is 3.00. The Kier molecular flexibility index (Phi) is 3.74. The molecule has 0 saturated heterocycles. The maximum absolute atomic E-state index is 11.9. The van der Waals surface area contributed by atoms with Crippen LogP contribution in [0.4, 0.5) is 0 Å². The molecule has 5 heteroatoms. The molecule has 2 heterocycles. The highest BCUT2D eigenvalue weighted by Gasteiger charge is 2.24. The molecule has 1 N–H and O–H groups in total. The van der Waals surface area contributed by atoms with Crippen LogP contribution in [0, 0.1) is 0 Å². The maximum Gasteiger partial charge on any atom is 0.227 e. The number of hydrogen-bond acceptors (Lipinski definition) is 3. The van der Waals surface area contributed by atoms with Crippen molar-refractivity contribution in [2.75, 3.05) is 6.54 Å². The van der Waals surface area contributed by atoms with Gasteiger partial charge in [0.2, 0.25) is 5.91 Å². The lowest BCUT2D eigenvalue weighted by molar-refractivity contribution is -0.120. The number of aromatic nitrogens is 2. The molecule has 5 nitrogen and oxygen atoms in total. The van der Waals surface area contributed by atoms with Gasteiger partial charge in [-0.15, -0.1) is 0 Å². The summed E-state index contributed by atoms with van der Waals surface area (Å²) in [5.41, 5.74) is -0.221. The van der Waals surface area contributed by atoms with E-state index in [0.29, 0.717) is 6.54 Å². The zero-order valence-electron chi connectivity index (χ0n) is 11.5. The first-order valence-corrected chi connectivity index (χ1v) is 6.26. The Bertz CT molecular complexity index is 541. The van der Waals surface area contributed by atoms with E-state index >= 15 is 0 Å². The zero-order valence-corrected chi connectivity index (χ0v) is 11.5. The molecule has 2 aromatic rings. The van der Waals surface area contributed by atoms with Crippen LogP contribution in [0.1, 0.15) is 25.4 Å². The van der Waals surface area contributed by atoms with Crippen LogP contribution < -0.4 is 5.32 Å². The summed E-state index contributed by atoms with van der Waals surface area (Å²) in [4.78, 5) is 16.0. The third-order valence-electron chi connectivity index (χ3n) is 3.16. The van der Waals surface area contributed by atoms with Gasteiger partial charge in [-0.25, -0.2) is 4.98 Å². The standard InChI is InChI=1S/C14H19N3O2/c1-14(2,11-5-4-8-19-11)10-16-13(18)9-12-15-6-7-17(12)3/h4-8H,9-10H2,1-3H3,(H,16,18). The Morgan fingerprint density at radius 3 is 2.89 bits per heavy atom. The lowest BCUT2D eigenvalue weighted by Gasteiger charge is -2.22. The molecule has 0 aliphatic heterocycles. The molecule has 0 saturated carbocycles. The zero-order chi connectivity index (χ0) is 13.9. The van der Waals surface area contributed by atoms with Crippen LogP contribution >= 0.6 is 0 Å². The number of nitrogens with one attached hydrogen (secondary N) is 1. The highest BCUT2D eigenvalue weighted by Crippen LogP contribution is 2.22. The summed E-state index contributed by atoms with van der Waals surface area (Å²) in [7, 11) is 1.88. The van der Waals surface area contributed by atoms with Gasteiger partial charge >= 0.3 is 0 Å². The molecule has 2 aromatic heterocycles.